The molecule has 0 aromatic heterocycles. The van der Waals surface area contributed by atoms with Crippen LogP contribution in [0.5, 0.6) is 0 Å². The Balaban J connectivity index is 7.36. The number of methoxy groups -OCH3 is 1. The van der Waals surface area contributed by atoms with E-state index in [2.05, 4.69) is 0 Å². The fourth-order valence-corrected chi connectivity index (χ4v) is 16.5. The molecule has 0 aliphatic rings. The average molecular weight is 457 g/mol. The number of nitrogens with zero attached hydrogens (tertiary/aromatic N) is 1. The summed E-state index contributed by atoms with van der Waals surface area (Å²) in [6.07, 6.45) is -2.04. The van der Waals surface area contributed by atoms with Crippen LogP contribution < -0.4 is 0 Å². The predicted octanol–water partition coefficient (Wildman–Crippen LogP) is 3.16. The first-order chi connectivity index (χ1) is 11.4. The fourth-order valence-electron chi connectivity index (χ4n) is 2.81. The molecule has 0 aromatic carbocycles. The second-order valence-corrected chi connectivity index (χ2v) is 16.5. The molecule has 0 rings (SSSR count). The molecule has 0 saturated carbocycles. The molecule has 26 heavy (non-hydrogen) atoms. The van der Waals surface area contributed by atoms with E-state index in [9.17, 15) is 43.2 Å². The number of hydrogen-bond donors (Lipinski definition) is 0. The van der Waals surface area contributed by atoms with Crippen LogP contribution in [0.4, 0.5) is 26.3 Å². The minimum atomic E-state index is -6.83. The Bertz CT molecular complexity index is 645. The molecule has 0 aromatic rings. The van der Waals surface area contributed by atoms with Crippen molar-refractivity contribution in [1.82, 2.24) is 3.48 Å². The standard InChI is InChI=1S/C11H22F6NO5PS2/c1-5-24(6-2,7-3,9-8-23-4)18(25(19,20)10(12,13)14)26(21,22)11(15,16)17/h5-9H2,1-4H3. The molecule has 15 heteroatoms. The Morgan fingerprint density at radius 2 is 1.12 bits per heavy atom. The van der Waals surface area contributed by atoms with Crippen molar-refractivity contribution in [3.05, 3.63) is 0 Å². The maximum absolute atomic E-state index is 13.2. The van der Waals surface area contributed by atoms with Crippen LogP contribution in [0.15, 0.2) is 0 Å². The summed E-state index contributed by atoms with van der Waals surface area (Å²) < 4.78 is 131. The zero-order valence-electron chi connectivity index (χ0n) is 14.6. The van der Waals surface area contributed by atoms with Crippen LogP contribution in [0.25, 0.3) is 0 Å². The van der Waals surface area contributed by atoms with Gasteiger partial charge in [-0.1, -0.05) is 0 Å². The Labute approximate surface area is 149 Å². The molecule has 0 heterocycles. The van der Waals surface area contributed by atoms with Gasteiger partial charge >= 0.3 is 148 Å². The number of halogens is 6. The van der Waals surface area contributed by atoms with Crippen molar-refractivity contribution in [2.24, 2.45) is 0 Å². The van der Waals surface area contributed by atoms with Gasteiger partial charge in [0.15, 0.2) is 0 Å². The molecule has 0 amide bonds. The quantitative estimate of drug-likeness (QED) is 0.393. The third kappa shape index (κ3) is 3.98. The monoisotopic (exact) mass is 457 g/mol. The van der Waals surface area contributed by atoms with Gasteiger partial charge in [0.05, 0.1) is 0 Å². The van der Waals surface area contributed by atoms with Gasteiger partial charge < -0.3 is 0 Å². The molecular formula is C11H22F6NO5PS2. The fraction of sp³-hybridized carbons (Fsp3) is 1.00. The Kier molecular flexibility index (Phi) is 7.64. The zero-order chi connectivity index (χ0) is 21.3. The topological polar surface area (TPSA) is 80.8 Å². The summed E-state index contributed by atoms with van der Waals surface area (Å²) in [7, 11) is -12.6. The van der Waals surface area contributed by atoms with E-state index >= 15 is 0 Å². The van der Waals surface area contributed by atoms with Crippen LogP contribution in [0.2, 0.25) is 0 Å². The number of alkyl halides is 6. The van der Waals surface area contributed by atoms with Gasteiger partial charge in [-0.3, -0.25) is 0 Å². The van der Waals surface area contributed by atoms with Crippen LogP contribution in [-0.2, 0) is 24.8 Å². The Hall–Kier alpha value is -0.170. The van der Waals surface area contributed by atoms with Crippen LogP contribution in [0.1, 0.15) is 20.8 Å². The van der Waals surface area contributed by atoms with Crippen molar-refractivity contribution in [2.75, 3.05) is 38.4 Å². The van der Waals surface area contributed by atoms with Crippen molar-refractivity contribution in [1.29, 1.82) is 0 Å². The second kappa shape index (κ2) is 7.69. The SMILES string of the molecule is CCP(CC)(CC)(CCOC)N(S(=O)(=O)C(F)(F)F)S(=O)(=O)C(F)(F)F. The van der Waals surface area contributed by atoms with Crippen molar-refractivity contribution < 1.29 is 47.9 Å². The van der Waals surface area contributed by atoms with Crippen LogP contribution in [0.3, 0.4) is 0 Å². The minimum absolute atomic E-state index is 0.398. The van der Waals surface area contributed by atoms with Gasteiger partial charge in [0.1, 0.15) is 0 Å². The Morgan fingerprint density at radius 3 is 1.31 bits per heavy atom. The molecule has 0 spiro atoms. The van der Waals surface area contributed by atoms with Gasteiger partial charge in [-0.2, -0.15) is 0 Å². The molecule has 0 aliphatic heterocycles. The van der Waals surface area contributed by atoms with Crippen molar-refractivity contribution >= 4 is 26.8 Å². The number of sulfonamides is 2. The van der Waals surface area contributed by atoms with Gasteiger partial charge in [-0.15, -0.1) is 0 Å². The van der Waals surface area contributed by atoms with Gasteiger partial charge in [0.2, 0.25) is 0 Å². The zero-order valence-corrected chi connectivity index (χ0v) is 17.1. The average Bonchev–Trinajstić information content (AvgIpc) is 2.49. The van der Waals surface area contributed by atoms with E-state index in [1.807, 2.05) is 0 Å². The Morgan fingerprint density at radius 1 is 0.808 bits per heavy atom. The first-order valence-electron chi connectivity index (χ1n) is 7.36. The molecule has 0 fully saturated rings. The molecule has 160 valence electrons. The number of rotatable bonds is 9. The van der Waals surface area contributed by atoms with E-state index in [1.54, 1.807) is 0 Å². The van der Waals surface area contributed by atoms with Gasteiger partial charge in [0, 0.05) is 0 Å². The van der Waals surface area contributed by atoms with E-state index in [-0.39, 0.29) is 0 Å². The molecule has 0 N–H and O–H groups in total. The van der Waals surface area contributed by atoms with Crippen molar-refractivity contribution in [3.8, 4) is 0 Å². The van der Waals surface area contributed by atoms with Crippen molar-refractivity contribution in [2.45, 2.75) is 31.8 Å². The first-order valence-corrected chi connectivity index (χ1v) is 13.2. The molecule has 0 atom stereocenters. The molecule has 0 saturated heterocycles. The van der Waals surface area contributed by atoms with Crippen LogP contribution >= 0.6 is 6.75 Å². The normalized spacial score (nSPS) is 16.5. The van der Waals surface area contributed by atoms with E-state index in [0.29, 0.717) is 0 Å². The van der Waals surface area contributed by atoms with Crippen LogP contribution in [-0.4, -0.2) is 69.7 Å². The second-order valence-electron chi connectivity index (χ2n) is 5.65. The van der Waals surface area contributed by atoms with Gasteiger partial charge in [-0.25, -0.2) is 0 Å². The summed E-state index contributed by atoms with van der Waals surface area (Å²) in [4.78, 5) is 0. The molecule has 6 nitrogen and oxygen atoms in total. The third-order valence-electron chi connectivity index (χ3n) is 4.76. The number of ether oxygens (including phenoxy) is 1. The first kappa shape index (κ1) is 25.8. The molecule has 0 aliphatic carbocycles. The van der Waals surface area contributed by atoms with Gasteiger partial charge in [-0.05, 0) is 0 Å². The predicted molar refractivity (Wildman–Crippen MR) is 87.1 cm³/mol. The third-order valence-corrected chi connectivity index (χ3v) is 19.1. The van der Waals surface area contributed by atoms with Crippen LogP contribution in [0, 0.1) is 0 Å². The summed E-state index contributed by atoms with van der Waals surface area (Å²) in [5, 5.41) is 0. The van der Waals surface area contributed by atoms with Crippen molar-refractivity contribution in [3.63, 3.8) is 0 Å². The molecule has 0 unspecified atom stereocenters. The summed E-state index contributed by atoms with van der Waals surface area (Å²) >= 11 is 0. The van der Waals surface area contributed by atoms with E-state index in [0.717, 1.165) is 7.11 Å². The molecule has 0 radical (unpaired) electrons. The summed E-state index contributed by atoms with van der Waals surface area (Å²) in [5.41, 5.74) is -12.4. The summed E-state index contributed by atoms with van der Waals surface area (Å²) in [5.74, 6) is 0. The summed E-state index contributed by atoms with van der Waals surface area (Å²) in [6.45, 7) is -1.66. The summed E-state index contributed by atoms with van der Waals surface area (Å²) in [6, 6.07) is 0. The van der Waals surface area contributed by atoms with E-state index in [1.165, 1.54) is 20.8 Å². The molecular weight excluding hydrogens is 435 g/mol. The molecule has 0 bridgehead atoms. The van der Waals surface area contributed by atoms with Gasteiger partial charge in [0.25, 0.3) is 0 Å². The van der Waals surface area contributed by atoms with E-state index in [4.69, 9.17) is 4.74 Å². The number of hydrogen-bond acceptors (Lipinski definition) is 5. The maximum atomic E-state index is 13.2. The van der Waals surface area contributed by atoms with E-state index < -0.39 is 72.6 Å².